The summed E-state index contributed by atoms with van der Waals surface area (Å²) in [4.78, 5) is 11.3. The Morgan fingerprint density at radius 3 is 2.86 bits per heavy atom. The molecule has 1 amide bonds. The van der Waals surface area contributed by atoms with Crippen molar-refractivity contribution in [2.24, 2.45) is 5.73 Å². The number of nitrogens with one attached hydrogen (secondary N) is 1. The largest absolute Gasteiger partial charge is 0.353 e. The van der Waals surface area contributed by atoms with Crippen molar-refractivity contribution in [3.05, 3.63) is 17.5 Å². The molecule has 0 unspecified atom stereocenters. The van der Waals surface area contributed by atoms with Crippen molar-refractivity contribution in [1.29, 1.82) is 0 Å². The Balaban J connectivity index is 2.51. The number of carbonyl (C=O) groups excluding carboxylic acids is 1. The fourth-order valence-corrected chi connectivity index (χ4v) is 1.24. The molecule has 5 heteroatoms. The van der Waals surface area contributed by atoms with Crippen molar-refractivity contribution in [3.63, 3.8) is 0 Å². The highest BCUT2D eigenvalue weighted by Gasteiger charge is 2.05. The summed E-state index contributed by atoms with van der Waals surface area (Å²) in [7, 11) is 0. The van der Waals surface area contributed by atoms with Crippen LogP contribution < -0.4 is 11.1 Å². The van der Waals surface area contributed by atoms with E-state index in [1.54, 1.807) is 4.68 Å². The van der Waals surface area contributed by atoms with E-state index in [2.05, 4.69) is 10.4 Å². The summed E-state index contributed by atoms with van der Waals surface area (Å²) in [6.45, 7) is 5.07. The van der Waals surface area contributed by atoms with E-state index in [4.69, 9.17) is 5.73 Å². The van der Waals surface area contributed by atoms with Gasteiger partial charge in [0.15, 0.2) is 0 Å². The van der Waals surface area contributed by atoms with Gasteiger partial charge in [-0.15, -0.1) is 0 Å². The molecule has 0 atom stereocenters. The maximum Gasteiger partial charge on any atom is 0.241 e. The molecule has 0 radical (unpaired) electrons. The van der Waals surface area contributed by atoms with Crippen LogP contribution in [0.2, 0.25) is 0 Å². The first-order valence-corrected chi connectivity index (χ1v) is 4.61. The van der Waals surface area contributed by atoms with Gasteiger partial charge in [0.2, 0.25) is 5.91 Å². The first-order valence-electron chi connectivity index (χ1n) is 4.61. The van der Waals surface area contributed by atoms with Crippen LogP contribution in [0, 0.1) is 13.8 Å². The third kappa shape index (κ3) is 2.85. The minimum atomic E-state index is -0.0540. The predicted molar refractivity (Wildman–Crippen MR) is 53.8 cm³/mol. The molecule has 78 valence electrons. The summed E-state index contributed by atoms with van der Waals surface area (Å²) in [5.41, 5.74) is 7.18. The topological polar surface area (TPSA) is 72.9 Å². The van der Waals surface area contributed by atoms with Crippen molar-refractivity contribution in [2.75, 3.05) is 13.1 Å². The molecule has 0 aliphatic rings. The molecular weight excluding hydrogens is 180 g/mol. The standard InChI is InChI=1S/C9H16N4O/c1-7-5-8(2)13(12-7)6-9(14)11-4-3-10/h5H,3-4,6,10H2,1-2H3,(H,11,14). The lowest BCUT2D eigenvalue weighted by atomic mass is 10.4. The molecule has 0 spiro atoms. The molecule has 1 heterocycles. The molecule has 0 saturated heterocycles. The van der Waals surface area contributed by atoms with Crippen LogP contribution in [0.1, 0.15) is 11.4 Å². The molecule has 0 aliphatic heterocycles. The van der Waals surface area contributed by atoms with Gasteiger partial charge in [-0.25, -0.2) is 0 Å². The van der Waals surface area contributed by atoms with Crippen molar-refractivity contribution >= 4 is 5.91 Å². The van der Waals surface area contributed by atoms with Gasteiger partial charge in [-0.2, -0.15) is 5.10 Å². The van der Waals surface area contributed by atoms with Gasteiger partial charge in [-0.1, -0.05) is 0 Å². The third-order valence-electron chi connectivity index (χ3n) is 1.86. The van der Waals surface area contributed by atoms with E-state index in [0.717, 1.165) is 11.4 Å². The lowest BCUT2D eigenvalue weighted by Crippen LogP contribution is -2.32. The fraction of sp³-hybridized carbons (Fsp3) is 0.556. The summed E-state index contributed by atoms with van der Waals surface area (Å²) < 4.78 is 1.68. The molecule has 0 aromatic carbocycles. The van der Waals surface area contributed by atoms with E-state index >= 15 is 0 Å². The van der Waals surface area contributed by atoms with Crippen LogP contribution in [0.4, 0.5) is 0 Å². The van der Waals surface area contributed by atoms with E-state index in [1.165, 1.54) is 0 Å². The normalized spacial score (nSPS) is 10.2. The average molecular weight is 196 g/mol. The molecule has 0 bridgehead atoms. The summed E-state index contributed by atoms with van der Waals surface area (Å²) in [6.07, 6.45) is 0. The van der Waals surface area contributed by atoms with Gasteiger partial charge in [0, 0.05) is 18.8 Å². The zero-order chi connectivity index (χ0) is 10.6. The lowest BCUT2D eigenvalue weighted by molar-refractivity contribution is -0.121. The Kier molecular flexibility index (Phi) is 3.64. The Labute approximate surface area is 83.3 Å². The molecule has 5 nitrogen and oxygen atoms in total. The van der Waals surface area contributed by atoms with E-state index in [9.17, 15) is 4.79 Å². The van der Waals surface area contributed by atoms with Crippen LogP contribution in [-0.4, -0.2) is 28.8 Å². The van der Waals surface area contributed by atoms with Crippen molar-refractivity contribution in [1.82, 2.24) is 15.1 Å². The Morgan fingerprint density at radius 2 is 2.36 bits per heavy atom. The molecule has 3 N–H and O–H groups in total. The van der Waals surface area contributed by atoms with Gasteiger partial charge >= 0.3 is 0 Å². The molecule has 14 heavy (non-hydrogen) atoms. The average Bonchev–Trinajstić information content (AvgIpc) is 2.42. The molecule has 1 aromatic rings. The monoisotopic (exact) mass is 196 g/mol. The van der Waals surface area contributed by atoms with E-state index < -0.39 is 0 Å². The zero-order valence-electron chi connectivity index (χ0n) is 8.58. The third-order valence-corrected chi connectivity index (χ3v) is 1.86. The van der Waals surface area contributed by atoms with Crippen LogP contribution in [-0.2, 0) is 11.3 Å². The first kappa shape index (κ1) is 10.7. The Morgan fingerprint density at radius 1 is 1.64 bits per heavy atom. The van der Waals surface area contributed by atoms with Gasteiger partial charge in [0.05, 0.1) is 5.69 Å². The molecule has 0 aliphatic carbocycles. The van der Waals surface area contributed by atoms with E-state index in [-0.39, 0.29) is 12.5 Å². The maximum atomic E-state index is 11.3. The van der Waals surface area contributed by atoms with Crippen LogP contribution >= 0.6 is 0 Å². The van der Waals surface area contributed by atoms with E-state index in [0.29, 0.717) is 13.1 Å². The number of rotatable bonds is 4. The molecular formula is C9H16N4O. The lowest BCUT2D eigenvalue weighted by Gasteiger charge is -2.04. The van der Waals surface area contributed by atoms with Crippen molar-refractivity contribution in [2.45, 2.75) is 20.4 Å². The van der Waals surface area contributed by atoms with E-state index in [1.807, 2.05) is 19.9 Å². The summed E-state index contributed by atoms with van der Waals surface area (Å²) in [5.74, 6) is -0.0540. The predicted octanol–water partition coefficient (Wildman–Crippen LogP) is -0.425. The zero-order valence-corrected chi connectivity index (χ0v) is 8.58. The van der Waals surface area contributed by atoms with Crippen LogP contribution in [0.5, 0.6) is 0 Å². The number of aryl methyl sites for hydroxylation is 2. The summed E-state index contributed by atoms with van der Waals surface area (Å²) >= 11 is 0. The van der Waals surface area contributed by atoms with Gasteiger partial charge in [-0.05, 0) is 19.9 Å². The van der Waals surface area contributed by atoms with Gasteiger partial charge in [0.25, 0.3) is 0 Å². The highest BCUT2D eigenvalue weighted by atomic mass is 16.2. The highest BCUT2D eigenvalue weighted by Crippen LogP contribution is 2.00. The van der Waals surface area contributed by atoms with Gasteiger partial charge < -0.3 is 11.1 Å². The minimum Gasteiger partial charge on any atom is -0.353 e. The first-order chi connectivity index (χ1) is 6.63. The maximum absolute atomic E-state index is 11.3. The smallest absolute Gasteiger partial charge is 0.241 e. The summed E-state index contributed by atoms with van der Waals surface area (Å²) in [6, 6.07) is 1.94. The Hall–Kier alpha value is -1.36. The van der Waals surface area contributed by atoms with Crippen molar-refractivity contribution < 1.29 is 4.79 Å². The van der Waals surface area contributed by atoms with Gasteiger partial charge in [-0.3, -0.25) is 9.48 Å². The number of aromatic nitrogens is 2. The molecule has 0 fully saturated rings. The molecule has 1 rings (SSSR count). The Bertz CT molecular complexity index is 319. The highest BCUT2D eigenvalue weighted by molar-refractivity contribution is 5.75. The number of nitrogens with zero attached hydrogens (tertiary/aromatic N) is 2. The number of hydrogen-bond donors (Lipinski definition) is 2. The van der Waals surface area contributed by atoms with Crippen LogP contribution in [0.25, 0.3) is 0 Å². The number of amides is 1. The number of hydrogen-bond acceptors (Lipinski definition) is 3. The second kappa shape index (κ2) is 4.76. The molecule has 0 saturated carbocycles. The van der Waals surface area contributed by atoms with Crippen LogP contribution in [0.15, 0.2) is 6.07 Å². The minimum absolute atomic E-state index is 0.0540. The summed E-state index contributed by atoms with van der Waals surface area (Å²) in [5, 5.41) is 6.88. The number of carbonyl (C=O) groups is 1. The van der Waals surface area contributed by atoms with Crippen molar-refractivity contribution in [3.8, 4) is 0 Å². The second-order valence-electron chi connectivity index (χ2n) is 3.22. The second-order valence-corrected chi connectivity index (χ2v) is 3.22. The fourth-order valence-electron chi connectivity index (χ4n) is 1.24. The number of nitrogens with two attached hydrogens (primary N) is 1. The SMILES string of the molecule is Cc1cc(C)n(CC(=O)NCCN)n1. The van der Waals surface area contributed by atoms with Crippen LogP contribution in [0.3, 0.4) is 0 Å². The molecule has 1 aromatic heterocycles. The van der Waals surface area contributed by atoms with Gasteiger partial charge in [0.1, 0.15) is 6.54 Å². The quantitative estimate of drug-likeness (QED) is 0.686.